The summed E-state index contributed by atoms with van der Waals surface area (Å²) in [7, 11) is 0. The van der Waals surface area contributed by atoms with Crippen molar-refractivity contribution in [3.63, 3.8) is 0 Å². The summed E-state index contributed by atoms with van der Waals surface area (Å²) in [5.74, 6) is 0.843. The molecule has 0 atom stereocenters. The van der Waals surface area contributed by atoms with Crippen LogP contribution >= 0.6 is 0 Å². The average Bonchev–Trinajstić information content (AvgIpc) is 3.84. The van der Waals surface area contributed by atoms with E-state index in [1.165, 1.54) is 5.56 Å². The van der Waals surface area contributed by atoms with Crippen LogP contribution in [0.2, 0.25) is 0 Å². The van der Waals surface area contributed by atoms with Crippen LogP contribution in [0.25, 0.3) is 90.8 Å². The van der Waals surface area contributed by atoms with Crippen molar-refractivity contribution in [3.8, 4) is 73.0 Å². The van der Waals surface area contributed by atoms with E-state index in [1.807, 2.05) is 36.4 Å². The number of aromatic nitrogens is 4. The summed E-state index contributed by atoms with van der Waals surface area (Å²) in [5, 5.41) is 0. The standard InChI is InChI=1S/C50H36N4/c1-3-45-46(4-2)54(44-23-12-7-13-24-44)50(51-45)38-28-26-36(27-29-38)42-32-41(35-17-8-5-9-18-35)33-43(34-42)39-21-16-22-40(31-39)49-48(37-19-10-6-11-20-37)52-47-25-14-15-30-53(47)49/h3-34H,1-2H2. The second-order valence-corrected chi connectivity index (χ2v) is 13.2. The fraction of sp³-hybridized carbons (Fsp3) is 0. The molecular formula is C50H36N4. The van der Waals surface area contributed by atoms with Gasteiger partial charge in [-0.05, 0) is 94.1 Å². The van der Waals surface area contributed by atoms with E-state index < -0.39 is 0 Å². The van der Waals surface area contributed by atoms with E-state index >= 15 is 0 Å². The molecule has 4 heteroatoms. The minimum atomic E-state index is 0.801. The van der Waals surface area contributed by atoms with E-state index in [9.17, 15) is 0 Å². The lowest BCUT2D eigenvalue weighted by Crippen LogP contribution is -1.99. The van der Waals surface area contributed by atoms with Gasteiger partial charge in [-0.1, -0.05) is 141 Å². The number of hydrogen-bond acceptors (Lipinski definition) is 2. The molecule has 0 bridgehead atoms. The van der Waals surface area contributed by atoms with E-state index in [0.717, 1.165) is 84.4 Å². The summed E-state index contributed by atoms with van der Waals surface area (Å²) in [6.07, 6.45) is 5.73. The van der Waals surface area contributed by atoms with Crippen LogP contribution in [0.5, 0.6) is 0 Å². The maximum Gasteiger partial charge on any atom is 0.145 e. The van der Waals surface area contributed by atoms with E-state index in [0.29, 0.717) is 0 Å². The third-order valence-electron chi connectivity index (χ3n) is 9.91. The fourth-order valence-corrected chi connectivity index (χ4v) is 7.31. The zero-order valence-electron chi connectivity index (χ0n) is 29.7. The van der Waals surface area contributed by atoms with Gasteiger partial charge in [-0.25, -0.2) is 9.97 Å². The number of rotatable bonds is 9. The van der Waals surface area contributed by atoms with E-state index in [-0.39, 0.29) is 0 Å². The second-order valence-electron chi connectivity index (χ2n) is 13.2. The largest absolute Gasteiger partial charge is 0.299 e. The second kappa shape index (κ2) is 14.0. The zero-order chi connectivity index (χ0) is 36.4. The molecule has 256 valence electrons. The number of para-hydroxylation sites is 1. The van der Waals surface area contributed by atoms with Crippen molar-refractivity contribution >= 4 is 17.8 Å². The number of benzene rings is 6. The van der Waals surface area contributed by atoms with Crippen LogP contribution in [0, 0.1) is 0 Å². The first kappa shape index (κ1) is 32.6. The molecule has 0 amide bonds. The van der Waals surface area contributed by atoms with Gasteiger partial charge in [0.25, 0.3) is 0 Å². The molecule has 0 saturated heterocycles. The van der Waals surface area contributed by atoms with Crippen LogP contribution in [0.1, 0.15) is 11.4 Å². The lowest BCUT2D eigenvalue weighted by Gasteiger charge is -2.14. The molecule has 0 aliphatic heterocycles. The molecule has 0 radical (unpaired) electrons. The number of hydrogen-bond donors (Lipinski definition) is 0. The van der Waals surface area contributed by atoms with Crippen molar-refractivity contribution < 1.29 is 0 Å². The van der Waals surface area contributed by atoms with Crippen molar-refractivity contribution in [3.05, 3.63) is 207 Å². The SMILES string of the molecule is C=Cc1nc(-c2ccc(-c3cc(-c4ccccc4)cc(-c4cccc(-c5c(-c6ccccc6)nc6ccccn56)c4)c3)cc2)n(-c2ccccc2)c1C=C. The number of imidazole rings is 2. The Morgan fingerprint density at radius 1 is 0.426 bits per heavy atom. The van der Waals surface area contributed by atoms with Gasteiger partial charge in [0.2, 0.25) is 0 Å². The summed E-state index contributed by atoms with van der Waals surface area (Å²) >= 11 is 0. The fourth-order valence-electron chi connectivity index (χ4n) is 7.31. The molecule has 3 heterocycles. The van der Waals surface area contributed by atoms with Crippen molar-refractivity contribution in [1.82, 2.24) is 18.9 Å². The van der Waals surface area contributed by atoms with Gasteiger partial charge in [0, 0.05) is 28.6 Å². The molecule has 0 spiro atoms. The van der Waals surface area contributed by atoms with Crippen LogP contribution in [0.3, 0.4) is 0 Å². The molecule has 0 N–H and O–H groups in total. The molecule has 0 saturated carbocycles. The van der Waals surface area contributed by atoms with Gasteiger partial charge in [0.1, 0.15) is 11.5 Å². The predicted octanol–water partition coefficient (Wildman–Crippen LogP) is 12.8. The summed E-state index contributed by atoms with van der Waals surface area (Å²) in [5.41, 5.74) is 15.7. The molecule has 3 aromatic heterocycles. The molecule has 0 unspecified atom stereocenters. The van der Waals surface area contributed by atoms with E-state index in [4.69, 9.17) is 9.97 Å². The first-order valence-electron chi connectivity index (χ1n) is 18.1. The van der Waals surface area contributed by atoms with Crippen LogP contribution in [-0.2, 0) is 0 Å². The molecular weight excluding hydrogens is 657 g/mol. The lowest BCUT2D eigenvalue weighted by atomic mass is 9.92. The molecule has 0 aliphatic rings. The van der Waals surface area contributed by atoms with Crippen LogP contribution in [0.4, 0.5) is 0 Å². The van der Waals surface area contributed by atoms with Crippen molar-refractivity contribution in [2.24, 2.45) is 0 Å². The van der Waals surface area contributed by atoms with Gasteiger partial charge in [-0.15, -0.1) is 0 Å². The average molecular weight is 693 g/mol. The van der Waals surface area contributed by atoms with Crippen molar-refractivity contribution in [2.45, 2.75) is 0 Å². The summed E-state index contributed by atoms with van der Waals surface area (Å²) in [6.45, 7) is 8.12. The monoisotopic (exact) mass is 692 g/mol. The highest BCUT2D eigenvalue weighted by Gasteiger charge is 2.19. The van der Waals surface area contributed by atoms with Crippen LogP contribution in [-0.4, -0.2) is 18.9 Å². The molecule has 6 aromatic carbocycles. The third kappa shape index (κ3) is 5.96. The highest BCUT2D eigenvalue weighted by molar-refractivity contribution is 5.87. The Morgan fingerprint density at radius 2 is 0.963 bits per heavy atom. The third-order valence-corrected chi connectivity index (χ3v) is 9.91. The highest BCUT2D eigenvalue weighted by atomic mass is 15.1. The smallest absolute Gasteiger partial charge is 0.145 e. The van der Waals surface area contributed by atoms with Gasteiger partial charge >= 0.3 is 0 Å². The van der Waals surface area contributed by atoms with Crippen molar-refractivity contribution in [2.75, 3.05) is 0 Å². The minimum Gasteiger partial charge on any atom is -0.299 e. The quantitative estimate of drug-likeness (QED) is 0.151. The topological polar surface area (TPSA) is 35.1 Å². The molecule has 54 heavy (non-hydrogen) atoms. The highest BCUT2D eigenvalue weighted by Crippen LogP contribution is 2.38. The predicted molar refractivity (Wildman–Crippen MR) is 225 cm³/mol. The zero-order valence-corrected chi connectivity index (χ0v) is 29.7. The Bertz CT molecular complexity index is 2770. The van der Waals surface area contributed by atoms with E-state index in [2.05, 4.69) is 174 Å². The molecule has 0 fully saturated rings. The number of pyridine rings is 1. The summed E-state index contributed by atoms with van der Waals surface area (Å²) in [4.78, 5) is 10.1. The van der Waals surface area contributed by atoms with Crippen LogP contribution < -0.4 is 0 Å². The summed E-state index contributed by atoms with van der Waals surface area (Å²) < 4.78 is 4.33. The maximum absolute atomic E-state index is 5.08. The number of nitrogens with zero attached hydrogens (tertiary/aromatic N) is 4. The molecule has 9 rings (SSSR count). The van der Waals surface area contributed by atoms with Gasteiger partial charge in [0.15, 0.2) is 0 Å². The van der Waals surface area contributed by atoms with Gasteiger partial charge in [-0.2, -0.15) is 0 Å². The first-order chi connectivity index (χ1) is 26.7. The first-order valence-corrected chi connectivity index (χ1v) is 18.1. The normalized spacial score (nSPS) is 11.1. The molecule has 9 aromatic rings. The Kier molecular flexibility index (Phi) is 8.46. The Balaban J connectivity index is 1.16. The Hall–Kier alpha value is -7.30. The molecule has 4 nitrogen and oxygen atoms in total. The van der Waals surface area contributed by atoms with Crippen LogP contribution in [0.15, 0.2) is 195 Å². The Morgan fingerprint density at radius 3 is 1.63 bits per heavy atom. The van der Waals surface area contributed by atoms with Gasteiger partial charge < -0.3 is 0 Å². The van der Waals surface area contributed by atoms with E-state index in [1.54, 1.807) is 6.08 Å². The lowest BCUT2D eigenvalue weighted by molar-refractivity contribution is 1.05. The minimum absolute atomic E-state index is 0.801. The molecule has 0 aliphatic carbocycles. The maximum atomic E-state index is 5.08. The summed E-state index contributed by atoms with van der Waals surface area (Å²) in [6, 6.07) is 61.8. The number of fused-ring (bicyclic) bond motifs is 1. The van der Waals surface area contributed by atoms with Crippen molar-refractivity contribution in [1.29, 1.82) is 0 Å². The van der Waals surface area contributed by atoms with Gasteiger partial charge in [-0.3, -0.25) is 8.97 Å². The Labute approximate surface area is 315 Å². The van der Waals surface area contributed by atoms with Gasteiger partial charge in [0.05, 0.1) is 22.8 Å².